The van der Waals surface area contributed by atoms with E-state index >= 15 is 0 Å². The van der Waals surface area contributed by atoms with E-state index in [-0.39, 0.29) is 18.4 Å². The minimum atomic E-state index is -0.435. The van der Waals surface area contributed by atoms with Crippen molar-refractivity contribution in [3.63, 3.8) is 0 Å². The number of benzene rings is 1. The monoisotopic (exact) mass is 283 g/mol. The molecular weight excluding hydrogens is 269 g/mol. The molecule has 0 unspecified atom stereocenters. The van der Waals surface area contributed by atoms with Crippen LogP contribution in [0.4, 0.5) is 4.39 Å². The molecule has 1 atom stereocenters. The Kier molecular flexibility index (Phi) is 4.07. The van der Waals surface area contributed by atoms with Crippen LogP contribution in [-0.4, -0.2) is 9.55 Å². The lowest BCUT2D eigenvalue weighted by molar-refractivity contribution is 0.277. The van der Waals surface area contributed by atoms with Crippen LogP contribution in [0.25, 0.3) is 0 Å². The van der Waals surface area contributed by atoms with Gasteiger partial charge in [-0.05, 0) is 24.6 Å². The lowest BCUT2D eigenvalue weighted by Gasteiger charge is -2.10. The van der Waals surface area contributed by atoms with E-state index in [1.165, 1.54) is 12.3 Å². The second-order valence-corrected chi connectivity index (χ2v) is 4.71. The molecule has 1 aromatic heterocycles. The highest BCUT2D eigenvalue weighted by Crippen LogP contribution is 2.22. The summed E-state index contributed by atoms with van der Waals surface area (Å²) in [6.45, 7) is 1.95. The van der Waals surface area contributed by atoms with E-state index in [0.29, 0.717) is 11.0 Å². The number of rotatable bonds is 4. The molecule has 2 N–H and O–H groups in total. The zero-order valence-electron chi connectivity index (χ0n) is 10.7. The first-order valence-corrected chi connectivity index (χ1v) is 6.20. The molecule has 2 rings (SSSR count). The molecule has 2 aromatic rings. The van der Waals surface area contributed by atoms with Crippen LogP contribution in [0.15, 0.2) is 24.4 Å². The van der Waals surface area contributed by atoms with Crippen LogP contribution in [0.2, 0.25) is 5.15 Å². The van der Waals surface area contributed by atoms with E-state index in [2.05, 4.69) is 4.98 Å². The smallest absolute Gasteiger partial charge is 0.165 e. The third kappa shape index (κ3) is 3.05. The Hall–Kier alpha value is -1.59. The number of hydrogen-bond acceptors (Lipinski definition) is 3. The predicted molar refractivity (Wildman–Crippen MR) is 71.6 cm³/mol. The fraction of sp³-hybridized carbons (Fsp3) is 0.308. The third-order valence-electron chi connectivity index (χ3n) is 2.87. The van der Waals surface area contributed by atoms with Gasteiger partial charge in [0.15, 0.2) is 11.6 Å². The third-order valence-corrected chi connectivity index (χ3v) is 3.22. The summed E-state index contributed by atoms with van der Waals surface area (Å²) in [5.41, 5.74) is 6.41. The van der Waals surface area contributed by atoms with E-state index in [1.807, 2.05) is 0 Å². The van der Waals surface area contributed by atoms with Crippen LogP contribution < -0.4 is 10.5 Å². The second kappa shape index (κ2) is 5.59. The van der Waals surface area contributed by atoms with Gasteiger partial charge in [-0.25, -0.2) is 9.37 Å². The van der Waals surface area contributed by atoms with Crippen LogP contribution in [0.1, 0.15) is 24.4 Å². The van der Waals surface area contributed by atoms with Crippen molar-refractivity contribution in [3.8, 4) is 5.75 Å². The van der Waals surface area contributed by atoms with Gasteiger partial charge in [0.1, 0.15) is 17.6 Å². The quantitative estimate of drug-likeness (QED) is 0.939. The van der Waals surface area contributed by atoms with Crippen molar-refractivity contribution in [2.75, 3.05) is 0 Å². The van der Waals surface area contributed by atoms with Gasteiger partial charge in [-0.2, -0.15) is 0 Å². The van der Waals surface area contributed by atoms with Gasteiger partial charge < -0.3 is 15.0 Å². The van der Waals surface area contributed by atoms with Crippen molar-refractivity contribution in [1.29, 1.82) is 0 Å². The van der Waals surface area contributed by atoms with Crippen molar-refractivity contribution in [2.24, 2.45) is 12.8 Å². The van der Waals surface area contributed by atoms with Crippen molar-refractivity contribution < 1.29 is 9.13 Å². The molecule has 0 saturated heterocycles. The average molecular weight is 284 g/mol. The van der Waals surface area contributed by atoms with E-state index in [9.17, 15) is 4.39 Å². The van der Waals surface area contributed by atoms with Gasteiger partial charge in [-0.3, -0.25) is 0 Å². The summed E-state index contributed by atoms with van der Waals surface area (Å²) in [6.07, 6.45) is 1.52. The molecule has 0 bridgehead atoms. The summed E-state index contributed by atoms with van der Waals surface area (Å²) in [6, 6.07) is 4.48. The van der Waals surface area contributed by atoms with Gasteiger partial charge in [0.05, 0.1) is 6.20 Å². The van der Waals surface area contributed by atoms with E-state index in [4.69, 9.17) is 22.1 Å². The fourth-order valence-electron chi connectivity index (χ4n) is 1.62. The van der Waals surface area contributed by atoms with Crippen molar-refractivity contribution in [2.45, 2.75) is 19.6 Å². The number of halogens is 2. The van der Waals surface area contributed by atoms with Crippen LogP contribution >= 0.6 is 11.6 Å². The molecule has 102 valence electrons. The molecule has 6 heteroatoms. The fourth-order valence-corrected chi connectivity index (χ4v) is 1.76. The first-order valence-electron chi connectivity index (χ1n) is 5.83. The molecule has 4 nitrogen and oxygen atoms in total. The topological polar surface area (TPSA) is 53.1 Å². The lowest BCUT2D eigenvalue weighted by Crippen LogP contribution is -2.07. The molecule has 0 aliphatic heterocycles. The Labute approximate surface area is 116 Å². The van der Waals surface area contributed by atoms with Crippen LogP contribution in [0.3, 0.4) is 0 Å². The molecule has 0 amide bonds. The highest BCUT2D eigenvalue weighted by atomic mass is 35.5. The Morgan fingerprint density at radius 1 is 1.53 bits per heavy atom. The first-order chi connectivity index (χ1) is 8.99. The lowest BCUT2D eigenvalue weighted by atomic mass is 10.1. The minimum absolute atomic E-state index is 0.150. The standard InChI is InChI=1S/C13H15ClFN3O/c1-8(16)9-3-4-11(10(15)5-9)19-7-13-17-6-12(14)18(13)2/h3-6,8H,7,16H2,1-2H3/t8-/m0/s1. The zero-order valence-corrected chi connectivity index (χ0v) is 11.5. The Morgan fingerprint density at radius 3 is 2.79 bits per heavy atom. The molecule has 1 heterocycles. The van der Waals surface area contributed by atoms with Gasteiger partial charge in [0.2, 0.25) is 0 Å². The molecule has 0 aliphatic rings. The van der Waals surface area contributed by atoms with Gasteiger partial charge in [-0.15, -0.1) is 0 Å². The molecule has 19 heavy (non-hydrogen) atoms. The highest BCUT2D eigenvalue weighted by molar-refractivity contribution is 6.29. The summed E-state index contributed by atoms with van der Waals surface area (Å²) < 4.78 is 20.9. The molecule has 0 fully saturated rings. The number of nitrogens with two attached hydrogens (primary N) is 1. The average Bonchev–Trinajstić information content (AvgIpc) is 2.68. The van der Waals surface area contributed by atoms with Gasteiger partial charge >= 0.3 is 0 Å². The largest absolute Gasteiger partial charge is 0.483 e. The highest BCUT2D eigenvalue weighted by Gasteiger charge is 2.10. The normalized spacial score (nSPS) is 12.5. The second-order valence-electron chi connectivity index (χ2n) is 4.32. The number of nitrogens with zero attached hydrogens (tertiary/aromatic N) is 2. The summed E-state index contributed by atoms with van der Waals surface area (Å²) in [5.74, 6) is 0.360. The van der Waals surface area contributed by atoms with Crippen LogP contribution in [-0.2, 0) is 13.7 Å². The number of aromatic nitrogens is 2. The molecule has 0 aliphatic carbocycles. The SMILES string of the molecule is C[C@H](N)c1ccc(OCc2ncc(Cl)n2C)c(F)c1. The molecule has 0 saturated carbocycles. The first kappa shape index (κ1) is 13.8. The van der Waals surface area contributed by atoms with Crippen molar-refractivity contribution in [3.05, 3.63) is 46.8 Å². The van der Waals surface area contributed by atoms with Crippen LogP contribution in [0.5, 0.6) is 5.75 Å². The van der Waals surface area contributed by atoms with E-state index < -0.39 is 5.82 Å². The van der Waals surface area contributed by atoms with Gasteiger partial charge in [0, 0.05) is 13.1 Å². The maximum absolute atomic E-state index is 13.8. The van der Waals surface area contributed by atoms with Crippen LogP contribution in [0, 0.1) is 5.82 Å². The summed E-state index contributed by atoms with van der Waals surface area (Å²) in [7, 11) is 1.77. The van der Waals surface area contributed by atoms with E-state index in [0.717, 1.165) is 5.56 Å². The number of imidazole rings is 1. The summed E-state index contributed by atoms with van der Waals surface area (Å²) >= 11 is 5.85. The number of hydrogen-bond donors (Lipinski definition) is 1. The predicted octanol–water partition coefficient (Wildman–Crippen LogP) is 2.81. The number of ether oxygens (including phenoxy) is 1. The molecule has 0 radical (unpaired) electrons. The molecular formula is C13H15ClFN3O. The van der Waals surface area contributed by atoms with Crippen molar-refractivity contribution in [1.82, 2.24) is 9.55 Å². The van der Waals surface area contributed by atoms with E-state index in [1.54, 1.807) is 30.7 Å². The van der Waals surface area contributed by atoms with Gasteiger partial charge in [-0.1, -0.05) is 17.7 Å². The Balaban J connectivity index is 2.10. The Morgan fingerprint density at radius 2 is 2.26 bits per heavy atom. The maximum atomic E-state index is 13.8. The molecule has 0 spiro atoms. The summed E-state index contributed by atoms with van der Waals surface area (Å²) in [4.78, 5) is 4.07. The zero-order chi connectivity index (χ0) is 14.0. The Bertz CT molecular complexity index is 583. The van der Waals surface area contributed by atoms with Gasteiger partial charge in [0.25, 0.3) is 0 Å². The van der Waals surface area contributed by atoms with Crippen molar-refractivity contribution >= 4 is 11.6 Å². The maximum Gasteiger partial charge on any atom is 0.165 e. The summed E-state index contributed by atoms with van der Waals surface area (Å²) in [5, 5.41) is 0.506. The molecule has 1 aromatic carbocycles. The minimum Gasteiger partial charge on any atom is -0.483 e.